The number of hydrogen-bond acceptors (Lipinski definition) is 5. The smallest absolute Gasteiger partial charge is 0.229 e. The van der Waals surface area contributed by atoms with E-state index in [1.165, 1.54) is 19.3 Å². The van der Waals surface area contributed by atoms with Crippen LogP contribution in [-0.4, -0.2) is 21.0 Å². The second-order valence-electron chi connectivity index (χ2n) is 4.30. The highest BCUT2D eigenvalue weighted by Crippen LogP contribution is 2.26. The molecule has 0 aromatic carbocycles. The standard InChI is InChI=1S/C10H16ClN5/c1-6-4-2-3-5-7(6)13-10-15-8(11)14-9(12)16-10/h6-7H,2-5H2,1H3,(H3,12,13,14,15,16). The summed E-state index contributed by atoms with van der Waals surface area (Å²) in [5.74, 6) is 1.27. The number of anilines is 2. The first kappa shape index (κ1) is 11.4. The predicted molar refractivity (Wildman–Crippen MR) is 64.3 cm³/mol. The molecule has 1 heterocycles. The predicted octanol–water partition coefficient (Wildman–Crippen LogP) is 2.10. The summed E-state index contributed by atoms with van der Waals surface area (Å²) in [6.07, 6.45) is 4.94. The first-order chi connectivity index (χ1) is 7.65. The maximum Gasteiger partial charge on any atom is 0.229 e. The number of halogens is 1. The molecule has 0 bridgehead atoms. The van der Waals surface area contributed by atoms with Gasteiger partial charge in [-0.25, -0.2) is 0 Å². The molecule has 1 aromatic rings. The number of nitrogens with one attached hydrogen (secondary N) is 1. The third-order valence-electron chi connectivity index (χ3n) is 3.05. The van der Waals surface area contributed by atoms with Crippen LogP contribution in [0.1, 0.15) is 32.6 Å². The molecule has 0 amide bonds. The van der Waals surface area contributed by atoms with Crippen LogP contribution in [0.4, 0.5) is 11.9 Å². The lowest BCUT2D eigenvalue weighted by Crippen LogP contribution is -2.31. The Morgan fingerprint density at radius 1 is 1.25 bits per heavy atom. The molecule has 6 heteroatoms. The SMILES string of the molecule is CC1CCCCC1Nc1nc(N)nc(Cl)n1. The van der Waals surface area contributed by atoms with Crippen LogP contribution in [0.2, 0.25) is 5.28 Å². The summed E-state index contributed by atoms with van der Waals surface area (Å²) in [5.41, 5.74) is 5.51. The highest BCUT2D eigenvalue weighted by molar-refractivity contribution is 6.28. The van der Waals surface area contributed by atoms with Gasteiger partial charge in [0.25, 0.3) is 0 Å². The fourth-order valence-electron chi connectivity index (χ4n) is 2.13. The van der Waals surface area contributed by atoms with Gasteiger partial charge in [0.1, 0.15) is 0 Å². The summed E-state index contributed by atoms with van der Waals surface area (Å²) in [6, 6.07) is 0.409. The summed E-state index contributed by atoms with van der Waals surface area (Å²) in [6.45, 7) is 2.24. The van der Waals surface area contributed by atoms with E-state index in [4.69, 9.17) is 17.3 Å². The molecule has 88 valence electrons. The van der Waals surface area contributed by atoms with Gasteiger partial charge in [0.2, 0.25) is 17.2 Å². The highest BCUT2D eigenvalue weighted by Gasteiger charge is 2.21. The summed E-state index contributed by atoms with van der Waals surface area (Å²) in [4.78, 5) is 11.8. The van der Waals surface area contributed by atoms with E-state index in [2.05, 4.69) is 27.2 Å². The minimum absolute atomic E-state index is 0.137. The van der Waals surface area contributed by atoms with Crippen molar-refractivity contribution in [3.8, 4) is 0 Å². The van der Waals surface area contributed by atoms with E-state index in [-0.39, 0.29) is 11.2 Å². The zero-order valence-electron chi connectivity index (χ0n) is 9.28. The Bertz CT molecular complexity index is 350. The average Bonchev–Trinajstić information content (AvgIpc) is 2.20. The third kappa shape index (κ3) is 2.72. The van der Waals surface area contributed by atoms with Crippen molar-refractivity contribution in [1.82, 2.24) is 15.0 Å². The molecule has 1 aromatic heterocycles. The van der Waals surface area contributed by atoms with E-state index in [1.54, 1.807) is 0 Å². The first-order valence-corrected chi connectivity index (χ1v) is 5.96. The van der Waals surface area contributed by atoms with Crippen molar-refractivity contribution < 1.29 is 0 Å². The number of nitrogens with two attached hydrogens (primary N) is 1. The first-order valence-electron chi connectivity index (χ1n) is 5.59. The molecule has 0 saturated heterocycles. The van der Waals surface area contributed by atoms with Crippen LogP contribution in [-0.2, 0) is 0 Å². The number of nitrogen functional groups attached to an aromatic ring is 1. The number of hydrogen-bond donors (Lipinski definition) is 2. The van der Waals surface area contributed by atoms with Gasteiger partial charge >= 0.3 is 0 Å². The van der Waals surface area contributed by atoms with Gasteiger partial charge in [-0.15, -0.1) is 0 Å². The molecule has 2 unspecified atom stereocenters. The van der Waals surface area contributed by atoms with Crippen molar-refractivity contribution in [2.24, 2.45) is 5.92 Å². The monoisotopic (exact) mass is 241 g/mol. The van der Waals surface area contributed by atoms with Crippen LogP contribution in [0.3, 0.4) is 0 Å². The number of nitrogens with zero attached hydrogens (tertiary/aromatic N) is 3. The summed E-state index contributed by atoms with van der Waals surface area (Å²) in [5, 5.41) is 3.42. The summed E-state index contributed by atoms with van der Waals surface area (Å²) >= 11 is 5.72. The number of aromatic nitrogens is 3. The van der Waals surface area contributed by atoms with Crippen LogP contribution in [0.25, 0.3) is 0 Å². The average molecular weight is 242 g/mol. The van der Waals surface area contributed by atoms with Crippen molar-refractivity contribution >= 4 is 23.5 Å². The molecule has 1 saturated carbocycles. The largest absolute Gasteiger partial charge is 0.368 e. The van der Waals surface area contributed by atoms with Crippen LogP contribution in [0, 0.1) is 5.92 Å². The third-order valence-corrected chi connectivity index (χ3v) is 3.22. The Morgan fingerprint density at radius 3 is 2.69 bits per heavy atom. The molecule has 1 fully saturated rings. The molecule has 0 spiro atoms. The maximum atomic E-state index is 5.72. The second kappa shape index (κ2) is 4.82. The van der Waals surface area contributed by atoms with Gasteiger partial charge in [0.05, 0.1) is 0 Å². The molecule has 16 heavy (non-hydrogen) atoms. The lowest BCUT2D eigenvalue weighted by molar-refractivity contribution is 0.348. The van der Waals surface area contributed by atoms with Gasteiger partial charge in [-0.2, -0.15) is 15.0 Å². The van der Waals surface area contributed by atoms with Gasteiger partial charge in [0.15, 0.2) is 0 Å². The maximum absolute atomic E-state index is 5.72. The minimum atomic E-state index is 0.137. The van der Waals surface area contributed by atoms with Crippen LogP contribution in [0.5, 0.6) is 0 Å². The van der Waals surface area contributed by atoms with Crippen molar-refractivity contribution in [3.63, 3.8) is 0 Å². The van der Waals surface area contributed by atoms with E-state index in [1.807, 2.05) is 0 Å². The van der Waals surface area contributed by atoms with Crippen molar-refractivity contribution in [1.29, 1.82) is 0 Å². The van der Waals surface area contributed by atoms with Crippen LogP contribution < -0.4 is 11.1 Å². The fraction of sp³-hybridized carbons (Fsp3) is 0.700. The molecule has 0 radical (unpaired) electrons. The Morgan fingerprint density at radius 2 is 2.00 bits per heavy atom. The Balaban J connectivity index is 2.07. The van der Waals surface area contributed by atoms with Gasteiger partial charge in [-0.3, -0.25) is 0 Å². The lowest BCUT2D eigenvalue weighted by Gasteiger charge is -2.29. The molecule has 2 rings (SSSR count). The van der Waals surface area contributed by atoms with Gasteiger partial charge in [0, 0.05) is 6.04 Å². The second-order valence-corrected chi connectivity index (χ2v) is 4.64. The van der Waals surface area contributed by atoms with E-state index < -0.39 is 0 Å². The Kier molecular flexibility index (Phi) is 3.43. The zero-order valence-corrected chi connectivity index (χ0v) is 10.0. The van der Waals surface area contributed by atoms with Crippen molar-refractivity contribution in [2.75, 3.05) is 11.1 Å². The molecule has 3 N–H and O–H groups in total. The molecule has 2 atom stereocenters. The van der Waals surface area contributed by atoms with Gasteiger partial charge in [-0.1, -0.05) is 19.8 Å². The normalized spacial score (nSPS) is 25.4. The van der Waals surface area contributed by atoms with E-state index in [0.29, 0.717) is 17.9 Å². The van der Waals surface area contributed by atoms with Gasteiger partial charge in [-0.05, 0) is 30.4 Å². The van der Waals surface area contributed by atoms with Crippen molar-refractivity contribution in [3.05, 3.63) is 5.28 Å². The van der Waals surface area contributed by atoms with Crippen LogP contribution >= 0.6 is 11.6 Å². The van der Waals surface area contributed by atoms with E-state index in [9.17, 15) is 0 Å². The quantitative estimate of drug-likeness (QED) is 0.829. The highest BCUT2D eigenvalue weighted by atomic mass is 35.5. The molecule has 0 aliphatic heterocycles. The van der Waals surface area contributed by atoms with Gasteiger partial charge < -0.3 is 11.1 Å². The molecule has 1 aliphatic rings. The van der Waals surface area contributed by atoms with E-state index in [0.717, 1.165) is 6.42 Å². The zero-order chi connectivity index (χ0) is 11.5. The van der Waals surface area contributed by atoms with Crippen molar-refractivity contribution in [2.45, 2.75) is 38.6 Å². The molecule has 5 nitrogen and oxygen atoms in total. The molecular weight excluding hydrogens is 226 g/mol. The number of rotatable bonds is 2. The van der Waals surface area contributed by atoms with E-state index >= 15 is 0 Å². The summed E-state index contributed by atoms with van der Waals surface area (Å²) in [7, 11) is 0. The molecular formula is C10H16ClN5. The minimum Gasteiger partial charge on any atom is -0.368 e. The Hall–Kier alpha value is -1.10. The lowest BCUT2D eigenvalue weighted by atomic mass is 9.86. The van der Waals surface area contributed by atoms with Crippen LogP contribution in [0.15, 0.2) is 0 Å². The topological polar surface area (TPSA) is 76.7 Å². The summed E-state index contributed by atoms with van der Waals surface area (Å²) < 4.78 is 0. The Labute approximate surface area is 99.8 Å². The fourth-order valence-corrected chi connectivity index (χ4v) is 2.29. The molecule has 1 aliphatic carbocycles.